The van der Waals surface area contributed by atoms with Gasteiger partial charge in [-0.3, -0.25) is 4.79 Å². The molecule has 0 spiro atoms. The highest BCUT2D eigenvalue weighted by molar-refractivity contribution is 7.22. The van der Waals surface area contributed by atoms with Gasteiger partial charge >= 0.3 is 0 Å². The van der Waals surface area contributed by atoms with E-state index in [-0.39, 0.29) is 11.9 Å². The monoisotopic (exact) mass is 475 g/mol. The van der Waals surface area contributed by atoms with Crippen LogP contribution >= 0.6 is 11.3 Å². The Kier molecular flexibility index (Phi) is 5.26. The fourth-order valence-corrected chi connectivity index (χ4v) is 5.60. The van der Waals surface area contributed by atoms with E-state index in [9.17, 15) is 4.79 Å². The number of hydrogen-bond acceptors (Lipinski definition) is 8. The number of nitrogens with zero attached hydrogens (tertiary/aromatic N) is 6. The summed E-state index contributed by atoms with van der Waals surface area (Å²) in [5, 5.41) is 12.1. The van der Waals surface area contributed by atoms with Crippen molar-refractivity contribution in [2.75, 3.05) is 23.3 Å². The number of anilines is 2. The van der Waals surface area contributed by atoms with Crippen LogP contribution in [0.5, 0.6) is 0 Å². The first-order valence-corrected chi connectivity index (χ1v) is 12.3. The van der Waals surface area contributed by atoms with Crippen LogP contribution < -0.4 is 10.2 Å². The van der Waals surface area contributed by atoms with Crippen molar-refractivity contribution in [2.24, 2.45) is 0 Å². The zero-order valence-corrected chi connectivity index (χ0v) is 19.8. The van der Waals surface area contributed by atoms with E-state index >= 15 is 0 Å². The van der Waals surface area contributed by atoms with Crippen LogP contribution in [0.15, 0.2) is 42.7 Å². The first kappa shape index (κ1) is 21.2. The molecule has 34 heavy (non-hydrogen) atoms. The van der Waals surface area contributed by atoms with Crippen molar-refractivity contribution < 1.29 is 9.53 Å². The second-order valence-electron chi connectivity index (χ2n) is 9.06. The summed E-state index contributed by atoms with van der Waals surface area (Å²) in [7, 11) is 0. The highest BCUT2D eigenvalue weighted by Crippen LogP contribution is 2.34. The third-order valence-corrected chi connectivity index (χ3v) is 7.38. The van der Waals surface area contributed by atoms with E-state index in [1.165, 1.54) is 0 Å². The van der Waals surface area contributed by atoms with E-state index in [0.29, 0.717) is 35.1 Å². The lowest BCUT2D eigenvalue weighted by Gasteiger charge is -2.31. The SMILES string of the molecule is CC(C)n1cnnc1-c1cccc(NC(=O)c2ccc3nc(N4CC5CCC(C4)O5)sc3c2)n1. The molecular weight excluding hydrogens is 450 g/mol. The van der Waals surface area contributed by atoms with Crippen LogP contribution in [0.2, 0.25) is 0 Å². The topological polar surface area (TPSA) is 98.1 Å². The van der Waals surface area contributed by atoms with Crippen LogP contribution in [-0.4, -0.2) is 55.9 Å². The van der Waals surface area contributed by atoms with Gasteiger partial charge in [-0.05, 0) is 57.0 Å². The van der Waals surface area contributed by atoms with Gasteiger partial charge in [0.15, 0.2) is 11.0 Å². The average Bonchev–Trinajstić information content (AvgIpc) is 3.56. The number of ether oxygens (including phenoxy) is 1. The zero-order chi connectivity index (χ0) is 23.2. The number of aromatic nitrogens is 5. The van der Waals surface area contributed by atoms with E-state index in [0.717, 1.165) is 41.3 Å². The van der Waals surface area contributed by atoms with Gasteiger partial charge in [0.2, 0.25) is 0 Å². The molecule has 0 saturated carbocycles. The largest absolute Gasteiger partial charge is 0.371 e. The molecule has 1 N–H and O–H groups in total. The van der Waals surface area contributed by atoms with Crippen LogP contribution in [0, 0.1) is 0 Å². The van der Waals surface area contributed by atoms with Crippen molar-refractivity contribution in [1.29, 1.82) is 0 Å². The van der Waals surface area contributed by atoms with Gasteiger partial charge in [-0.15, -0.1) is 10.2 Å². The smallest absolute Gasteiger partial charge is 0.256 e. The summed E-state index contributed by atoms with van der Waals surface area (Å²) in [5.74, 6) is 0.923. The Bertz CT molecular complexity index is 1350. The number of pyridine rings is 1. The minimum absolute atomic E-state index is 0.202. The Labute approximate surface area is 200 Å². The molecule has 0 aliphatic carbocycles. The molecule has 5 heterocycles. The number of amides is 1. The molecule has 1 aromatic carbocycles. The van der Waals surface area contributed by atoms with Crippen molar-refractivity contribution >= 4 is 38.4 Å². The number of thiazole rings is 1. The Morgan fingerprint density at radius 2 is 1.97 bits per heavy atom. The molecule has 2 aliphatic heterocycles. The van der Waals surface area contributed by atoms with E-state index in [1.54, 1.807) is 23.7 Å². The van der Waals surface area contributed by atoms with Gasteiger partial charge in [0, 0.05) is 24.7 Å². The van der Waals surface area contributed by atoms with Crippen molar-refractivity contribution in [3.63, 3.8) is 0 Å². The Morgan fingerprint density at radius 1 is 1.15 bits per heavy atom. The lowest BCUT2D eigenvalue weighted by Crippen LogP contribution is -2.42. The van der Waals surface area contributed by atoms with E-state index in [2.05, 4.69) is 39.2 Å². The highest BCUT2D eigenvalue weighted by atomic mass is 32.1. The van der Waals surface area contributed by atoms with Crippen molar-refractivity contribution in [1.82, 2.24) is 24.7 Å². The Balaban J connectivity index is 1.21. The standard InChI is InChI=1S/C24H25N7O2S/c1-14(2)31-13-25-29-22(31)19-4-3-5-21(26-19)28-23(32)15-6-9-18-20(10-15)34-24(27-18)30-11-16-7-8-17(12-30)33-16/h3-6,9-10,13-14,16-17H,7-8,11-12H2,1-2H3,(H,26,28,32). The summed E-state index contributed by atoms with van der Waals surface area (Å²) in [6.45, 7) is 5.89. The first-order valence-electron chi connectivity index (χ1n) is 11.5. The Morgan fingerprint density at radius 3 is 2.76 bits per heavy atom. The quantitative estimate of drug-likeness (QED) is 0.463. The molecule has 2 aliphatic rings. The second kappa shape index (κ2) is 8.44. The molecule has 174 valence electrons. The zero-order valence-electron chi connectivity index (χ0n) is 19.0. The molecular formula is C24H25N7O2S. The van der Waals surface area contributed by atoms with Crippen LogP contribution in [0.4, 0.5) is 10.9 Å². The van der Waals surface area contributed by atoms with Gasteiger partial charge in [-0.2, -0.15) is 0 Å². The van der Waals surface area contributed by atoms with Gasteiger partial charge in [0.1, 0.15) is 17.8 Å². The van der Waals surface area contributed by atoms with Gasteiger partial charge in [0.05, 0.1) is 22.4 Å². The van der Waals surface area contributed by atoms with Gasteiger partial charge in [-0.1, -0.05) is 17.4 Å². The average molecular weight is 476 g/mol. The van der Waals surface area contributed by atoms with E-state index < -0.39 is 0 Å². The fourth-order valence-electron chi connectivity index (χ4n) is 4.58. The highest BCUT2D eigenvalue weighted by Gasteiger charge is 2.34. The van der Waals surface area contributed by atoms with E-state index in [4.69, 9.17) is 9.72 Å². The minimum atomic E-state index is -0.212. The maximum absolute atomic E-state index is 13.0. The van der Waals surface area contributed by atoms with Crippen LogP contribution in [0.3, 0.4) is 0 Å². The van der Waals surface area contributed by atoms with Crippen LogP contribution in [0.25, 0.3) is 21.7 Å². The number of carbonyl (C=O) groups is 1. The lowest BCUT2D eigenvalue weighted by atomic mass is 10.2. The summed E-state index contributed by atoms with van der Waals surface area (Å²) in [5.41, 5.74) is 2.14. The normalized spacial score (nSPS) is 19.8. The number of rotatable bonds is 5. The van der Waals surface area contributed by atoms with Gasteiger partial charge in [0.25, 0.3) is 5.91 Å². The van der Waals surface area contributed by atoms with Crippen molar-refractivity contribution in [2.45, 2.75) is 44.9 Å². The summed E-state index contributed by atoms with van der Waals surface area (Å²) >= 11 is 1.62. The van der Waals surface area contributed by atoms with Crippen LogP contribution in [-0.2, 0) is 4.74 Å². The molecule has 2 fully saturated rings. The van der Waals surface area contributed by atoms with E-state index in [1.807, 2.05) is 34.9 Å². The predicted molar refractivity (Wildman–Crippen MR) is 131 cm³/mol. The maximum Gasteiger partial charge on any atom is 0.256 e. The number of morpholine rings is 1. The third kappa shape index (κ3) is 3.92. The molecule has 10 heteroatoms. The molecule has 2 unspecified atom stereocenters. The molecule has 6 rings (SSSR count). The molecule has 0 radical (unpaired) electrons. The Hall–Kier alpha value is -3.37. The molecule has 9 nitrogen and oxygen atoms in total. The summed E-state index contributed by atoms with van der Waals surface area (Å²) in [6.07, 6.45) is 4.56. The first-order chi connectivity index (χ1) is 16.5. The maximum atomic E-state index is 13.0. The van der Waals surface area contributed by atoms with Crippen molar-refractivity contribution in [3.8, 4) is 11.5 Å². The summed E-state index contributed by atoms with van der Waals surface area (Å²) in [6, 6.07) is 11.3. The summed E-state index contributed by atoms with van der Waals surface area (Å²) in [4.78, 5) is 24.7. The van der Waals surface area contributed by atoms with Crippen LogP contribution in [0.1, 0.15) is 43.1 Å². The molecule has 1 amide bonds. The number of carbonyl (C=O) groups excluding carboxylic acids is 1. The minimum Gasteiger partial charge on any atom is -0.371 e. The molecule has 4 aromatic rings. The molecule has 3 aromatic heterocycles. The molecule has 2 saturated heterocycles. The number of fused-ring (bicyclic) bond motifs is 3. The lowest BCUT2D eigenvalue weighted by molar-refractivity contribution is 0.0305. The fraction of sp³-hybridized carbons (Fsp3) is 0.375. The molecule has 2 atom stereocenters. The van der Waals surface area contributed by atoms with Gasteiger partial charge < -0.3 is 19.5 Å². The number of nitrogens with one attached hydrogen (secondary N) is 1. The second-order valence-corrected chi connectivity index (χ2v) is 10.1. The summed E-state index contributed by atoms with van der Waals surface area (Å²) < 4.78 is 8.89. The predicted octanol–water partition coefficient (Wildman–Crippen LogP) is 4.15. The van der Waals surface area contributed by atoms with Crippen molar-refractivity contribution in [3.05, 3.63) is 48.3 Å². The number of hydrogen-bond donors (Lipinski definition) is 1. The number of benzene rings is 1. The third-order valence-electron chi connectivity index (χ3n) is 6.30. The van der Waals surface area contributed by atoms with Gasteiger partial charge in [-0.25, -0.2) is 9.97 Å². The molecule has 2 bridgehead atoms.